The van der Waals surface area contributed by atoms with E-state index in [2.05, 4.69) is 20.8 Å². The molecule has 0 aliphatic rings. The van der Waals surface area contributed by atoms with Gasteiger partial charge in [0, 0.05) is 16.6 Å². The van der Waals surface area contributed by atoms with E-state index in [0.717, 1.165) is 16.3 Å². The van der Waals surface area contributed by atoms with Crippen molar-refractivity contribution in [2.45, 2.75) is 32.4 Å². The van der Waals surface area contributed by atoms with Gasteiger partial charge in [-0.25, -0.2) is 0 Å². The molecule has 0 aliphatic carbocycles. The van der Waals surface area contributed by atoms with E-state index in [1.807, 2.05) is 48.7 Å². The number of thiophene rings is 1. The molecular formula is C19H22N4O3S. The predicted octanol–water partition coefficient (Wildman–Crippen LogP) is 3.24. The van der Waals surface area contributed by atoms with Crippen molar-refractivity contribution in [3.8, 4) is 5.75 Å². The number of benzene rings is 1. The van der Waals surface area contributed by atoms with Gasteiger partial charge in [-0.2, -0.15) is 4.98 Å². The van der Waals surface area contributed by atoms with E-state index in [4.69, 9.17) is 9.26 Å². The number of hydrogen-bond donors (Lipinski definition) is 2. The molecule has 1 amide bonds. The van der Waals surface area contributed by atoms with Crippen molar-refractivity contribution >= 4 is 22.9 Å². The summed E-state index contributed by atoms with van der Waals surface area (Å²) in [5.41, 5.74) is 0.828. The quantitative estimate of drug-likeness (QED) is 0.587. The molecule has 2 N–H and O–H groups in total. The lowest BCUT2D eigenvalue weighted by Gasteiger charge is -2.17. The number of nitrogens with one attached hydrogen (secondary N) is 2. The Hall–Kier alpha value is -2.87. The highest BCUT2D eigenvalue weighted by atomic mass is 32.1. The van der Waals surface area contributed by atoms with Crippen LogP contribution in [-0.2, 0) is 17.8 Å². The first-order chi connectivity index (χ1) is 13.2. The first kappa shape index (κ1) is 18.9. The van der Waals surface area contributed by atoms with Crippen LogP contribution in [0.2, 0.25) is 0 Å². The Labute approximate surface area is 161 Å². The number of anilines is 1. The maximum atomic E-state index is 12.5. The molecule has 27 heavy (non-hydrogen) atoms. The molecule has 142 valence electrons. The minimum Gasteiger partial charge on any atom is -0.497 e. The summed E-state index contributed by atoms with van der Waals surface area (Å²) in [7, 11) is 1.61. The average molecular weight is 386 g/mol. The van der Waals surface area contributed by atoms with E-state index in [9.17, 15) is 4.79 Å². The Morgan fingerprint density at radius 3 is 2.96 bits per heavy atom. The van der Waals surface area contributed by atoms with Crippen LogP contribution in [0.25, 0.3) is 0 Å². The maximum Gasteiger partial charge on any atom is 0.242 e. The van der Waals surface area contributed by atoms with Gasteiger partial charge >= 0.3 is 0 Å². The van der Waals surface area contributed by atoms with E-state index >= 15 is 0 Å². The summed E-state index contributed by atoms with van der Waals surface area (Å²) in [6.45, 7) is 2.17. The summed E-state index contributed by atoms with van der Waals surface area (Å²) in [4.78, 5) is 18.0. The number of amides is 1. The standard InChI is InChI=1S/C19H22N4O3S/c1-3-16(21-13-6-4-7-14(10-13)25-2)19(24)20-12-17-22-18(26-23-17)11-15-8-5-9-27-15/h4-10,16,21H,3,11-12H2,1-2H3,(H,20,24). The van der Waals surface area contributed by atoms with Crippen LogP contribution in [0.3, 0.4) is 0 Å². The van der Waals surface area contributed by atoms with Gasteiger partial charge in [0.05, 0.1) is 20.1 Å². The molecule has 0 bridgehead atoms. The molecule has 1 atom stereocenters. The van der Waals surface area contributed by atoms with Gasteiger partial charge in [-0.05, 0) is 30.0 Å². The van der Waals surface area contributed by atoms with Crippen molar-refractivity contribution in [2.75, 3.05) is 12.4 Å². The van der Waals surface area contributed by atoms with Crippen LogP contribution in [0.1, 0.15) is 29.9 Å². The molecule has 0 aliphatic heterocycles. The highest BCUT2D eigenvalue weighted by Gasteiger charge is 2.17. The largest absolute Gasteiger partial charge is 0.497 e. The minimum absolute atomic E-state index is 0.120. The van der Waals surface area contributed by atoms with Crippen LogP contribution in [-0.4, -0.2) is 29.2 Å². The Balaban J connectivity index is 1.53. The van der Waals surface area contributed by atoms with Crippen LogP contribution in [0.4, 0.5) is 5.69 Å². The zero-order valence-corrected chi connectivity index (χ0v) is 16.1. The van der Waals surface area contributed by atoms with E-state index < -0.39 is 0 Å². The summed E-state index contributed by atoms with van der Waals surface area (Å²) >= 11 is 1.64. The van der Waals surface area contributed by atoms with E-state index in [1.54, 1.807) is 18.4 Å². The number of carbonyl (C=O) groups is 1. The molecule has 0 saturated heterocycles. The summed E-state index contributed by atoms with van der Waals surface area (Å²) in [5, 5.41) is 12.0. The second kappa shape index (κ2) is 9.18. The molecule has 3 aromatic rings. The third-order valence-corrected chi connectivity index (χ3v) is 4.85. The van der Waals surface area contributed by atoms with Gasteiger partial charge in [-0.1, -0.05) is 24.2 Å². The van der Waals surface area contributed by atoms with Gasteiger partial charge in [0.2, 0.25) is 11.8 Å². The van der Waals surface area contributed by atoms with E-state index in [-0.39, 0.29) is 18.5 Å². The number of ether oxygens (including phenoxy) is 1. The number of aromatic nitrogens is 2. The predicted molar refractivity (Wildman–Crippen MR) is 104 cm³/mol. The van der Waals surface area contributed by atoms with Gasteiger partial charge < -0.3 is 19.9 Å². The second-order valence-corrected chi connectivity index (χ2v) is 6.95. The number of nitrogens with zero attached hydrogens (tertiary/aromatic N) is 2. The lowest BCUT2D eigenvalue weighted by atomic mass is 10.2. The number of rotatable bonds is 9. The van der Waals surface area contributed by atoms with Gasteiger partial charge in [0.1, 0.15) is 11.8 Å². The van der Waals surface area contributed by atoms with Gasteiger partial charge in [0.15, 0.2) is 5.82 Å². The van der Waals surface area contributed by atoms with E-state index in [1.165, 1.54) is 0 Å². The van der Waals surface area contributed by atoms with Crippen molar-refractivity contribution in [3.63, 3.8) is 0 Å². The average Bonchev–Trinajstić information content (AvgIpc) is 3.37. The Morgan fingerprint density at radius 2 is 2.22 bits per heavy atom. The molecule has 3 rings (SSSR count). The molecule has 2 aromatic heterocycles. The van der Waals surface area contributed by atoms with Crippen LogP contribution < -0.4 is 15.4 Å². The molecule has 1 unspecified atom stereocenters. The smallest absolute Gasteiger partial charge is 0.242 e. The summed E-state index contributed by atoms with van der Waals surface area (Å²) in [5.74, 6) is 1.62. The zero-order valence-electron chi connectivity index (χ0n) is 15.3. The van der Waals surface area contributed by atoms with Crippen molar-refractivity contribution < 1.29 is 14.1 Å². The summed E-state index contributed by atoms with van der Waals surface area (Å²) < 4.78 is 10.5. The number of hydrogen-bond acceptors (Lipinski definition) is 7. The maximum absolute atomic E-state index is 12.5. The van der Waals surface area contributed by atoms with Crippen LogP contribution in [0.5, 0.6) is 5.75 Å². The fourth-order valence-electron chi connectivity index (χ4n) is 2.55. The van der Waals surface area contributed by atoms with Crippen LogP contribution in [0.15, 0.2) is 46.3 Å². The fourth-order valence-corrected chi connectivity index (χ4v) is 3.25. The fraction of sp³-hybridized carbons (Fsp3) is 0.316. The molecule has 0 radical (unpaired) electrons. The monoisotopic (exact) mass is 386 g/mol. The normalized spacial score (nSPS) is 11.8. The zero-order chi connectivity index (χ0) is 19.1. The first-order valence-electron chi connectivity index (χ1n) is 8.70. The Bertz CT molecular complexity index is 863. The molecule has 8 heteroatoms. The van der Waals surface area contributed by atoms with Crippen molar-refractivity contribution in [3.05, 3.63) is 58.4 Å². The van der Waals surface area contributed by atoms with Gasteiger partial charge in [-0.3, -0.25) is 4.79 Å². The van der Waals surface area contributed by atoms with Crippen LogP contribution in [0, 0.1) is 0 Å². The van der Waals surface area contributed by atoms with Crippen molar-refractivity contribution in [1.29, 1.82) is 0 Å². The molecule has 2 heterocycles. The van der Waals surface area contributed by atoms with Gasteiger partial charge in [0.25, 0.3) is 0 Å². The summed E-state index contributed by atoms with van der Waals surface area (Å²) in [6.07, 6.45) is 1.24. The highest BCUT2D eigenvalue weighted by molar-refractivity contribution is 7.09. The Kier molecular flexibility index (Phi) is 6.43. The topological polar surface area (TPSA) is 89.3 Å². The molecule has 0 spiro atoms. The lowest BCUT2D eigenvalue weighted by molar-refractivity contribution is -0.122. The number of carbonyl (C=O) groups excluding carboxylic acids is 1. The molecule has 0 saturated carbocycles. The third-order valence-electron chi connectivity index (χ3n) is 3.97. The Morgan fingerprint density at radius 1 is 1.33 bits per heavy atom. The molecule has 1 aromatic carbocycles. The summed E-state index contributed by atoms with van der Waals surface area (Å²) in [6, 6.07) is 11.1. The van der Waals surface area contributed by atoms with Crippen molar-refractivity contribution in [1.82, 2.24) is 15.5 Å². The lowest BCUT2D eigenvalue weighted by Crippen LogP contribution is -2.39. The second-order valence-electron chi connectivity index (χ2n) is 5.92. The minimum atomic E-state index is -0.366. The molecule has 0 fully saturated rings. The SMILES string of the molecule is CCC(Nc1cccc(OC)c1)C(=O)NCc1noc(Cc2cccs2)n1. The molecule has 7 nitrogen and oxygen atoms in total. The van der Waals surface area contributed by atoms with Crippen molar-refractivity contribution in [2.24, 2.45) is 0 Å². The van der Waals surface area contributed by atoms with E-state index in [0.29, 0.717) is 24.6 Å². The third kappa shape index (κ3) is 5.30. The number of methoxy groups -OCH3 is 1. The first-order valence-corrected chi connectivity index (χ1v) is 9.58. The highest BCUT2D eigenvalue weighted by Crippen LogP contribution is 2.18. The van der Waals surface area contributed by atoms with Crippen LogP contribution >= 0.6 is 11.3 Å². The molecular weight excluding hydrogens is 364 g/mol. The van der Waals surface area contributed by atoms with Gasteiger partial charge in [-0.15, -0.1) is 11.3 Å².